The Morgan fingerprint density at radius 1 is 1.09 bits per heavy atom. The summed E-state index contributed by atoms with van der Waals surface area (Å²) < 4.78 is 3.96. The van der Waals surface area contributed by atoms with E-state index in [1.54, 1.807) is 17.1 Å². The average Bonchev–Trinajstić information content (AvgIpc) is 3.50. The number of rotatable bonds is 13. The van der Waals surface area contributed by atoms with Gasteiger partial charge >= 0.3 is 0 Å². The van der Waals surface area contributed by atoms with E-state index in [-0.39, 0.29) is 18.3 Å². The lowest BCUT2D eigenvalue weighted by Gasteiger charge is -2.16. The third kappa shape index (κ3) is 6.05. The Labute approximate surface area is 200 Å². The highest BCUT2D eigenvalue weighted by atomic mass is 16.3. The van der Waals surface area contributed by atoms with Crippen LogP contribution in [0.25, 0.3) is 10.9 Å². The first-order chi connectivity index (χ1) is 16.6. The van der Waals surface area contributed by atoms with Crippen LogP contribution in [0.4, 0.5) is 5.69 Å². The predicted molar refractivity (Wildman–Crippen MR) is 136 cm³/mol. The maximum atomic E-state index is 11.3. The number of hydrogen-bond donors (Lipinski definition) is 3. The highest BCUT2D eigenvalue weighted by molar-refractivity contribution is 5.90. The second kappa shape index (κ2) is 11.5. The van der Waals surface area contributed by atoms with Gasteiger partial charge in [-0.25, -0.2) is 4.98 Å². The van der Waals surface area contributed by atoms with Gasteiger partial charge in [0.1, 0.15) is 5.69 Å². The van der Waals surface area contributed by atoms with E-state index in [4.69, 9.17) is 5.73 Å². The Balaban J connectivity index is 1.28. The molecule has 34 heavy (non-hydrogen) atoms. The van der Waals surface area contributed by atoms with Crippen molar-refractivity contribution in [1.29, 1.82) is 0 Å². The molecule has 0 spiro atoms. The smallest absolute Gasteiger partial charge is 0.268 e. The molecule has 0 aliphatic rings. The van der Waals surface area contributed by atoms with E-state index in [2.05, 4.69) is 75.7 Å². The van der Waals surface area contributed by atoms with Crippen molar-refractivity contribution in [2.24, 2.45) is 5.73 Å². The highest BCUT2D eigenvalue weighted by Gasteiger charge is 2.14. The van der Waals surface area contributed by atoms with E-state index >= 15 is 0 Å². The molecule has 1 amide bonds. The normalized spacial score (nSPS) is 12.1. The van der Waals surface area contributed by atoms with Gasteiger partial charge in [-0.15, -0.1) is 0 Å². The van der Waals surface area contributed by atoms with Crippen LogP contribution in [0.5, 0.6) is 0 Å². The molecule has 178 valence electrons. The number of benzene rings is 2. The van der Waals surface area contributed by atoms with Crippen molar-refractivity contribution in [2.75, 3.05) is 18.5 Å². The number of imidazole rings is 1. The Hall–Kier alpha value is -3.58. The van der Waals surface area contributed by atoms with Gasteiger partial charge in [-0.2, -0.15) is 0 Å². The number of aryl methyl sites for hydroxylation is 2. The van der Waals surface area contributed by atoms with Crippen LogP contribution in [0.15, 0.2) is 73.3 Å². The molecule has 0 unspecified atom stereocenters. The van der Waals surface area contributed by atoms with Crippen LogP contribution in [-0.4, -0.2) is 38.3 Å². The van der Waals surface area contributed by atoms with Crippen molar-refractivity contribution in [3.05, 3.63) is 84.6 Å². The lowest BCUT2D eigenvalue weighted by Crippen LogP contribution is -2.15. The van der Waals surface area contributed by atoms with Crippen LogP contribution in [-0.2, 0) is 13.0 Å². The second-order valence-corrected chi connectivity index (χ2v) is 8.70. The van der Waals surface area contributed by atoms with E-state index in [9.17, 15) is 9.90 Å². The van der Waals surface area contributed by atoms with Crippen LogP contribution in [0, 0.1) is 0 Å². The molecule has 0 bridgehead atoms. The summed E-state index contributed by atoms with van der Waals surface area (Å²) in [5, 5.41) is 14.6. The number of fused-ring (bicyclic) bond motifs is 1. The van der Waals surface area contributed by atoms with Gasteiger partial charge in [0.15, 0.2) is 0 Å². The topological polar surface area (TPSA) is 98.1 Å². The van der Waals surface area contributed by atoms with Crippen LogP contribution < -0.4 is 11.1 Å². The van der Waals surface area contributed by atoms with Crippen molar-refractivity contribution in [3.63, 3.8) is 0 Å². The molecule has 7 nitrogen and oxygen atoms in total. The quantitative estimate of drug-likeness (QED) is 0.258. The Morgan fingerprint density at radius 2 is 1.94 bits per heavy atom. The second-order valence-electron chi connectivity index (χ2n) is 8.70. The number of hydrogen-bond acceptors (Lipinski definition) is 4. The number of aliphatic hydroxyl groups excluding tert-OH is 1. The summed E-state index contributed by atoms with van der Waals surface area (Å²) in [5.41, 5.74) is 9.19. The molecule has 4 N–H and O–H groups in total. The van der Waals surface area contributed by atoms with Gasteiger partial charge in [-0.1, -0.05) is 42.8 Å². The summed E-state index contributed by atoms with van der Waals surface area (Å²) in [6.07, 6.45) is 10.6. The van der Waals surface area contributed by atoms with Crippen LogP contribution in [0.2, 0.25) is 0 Å². The van der Waals surface area contributed by atoms with Gasteiger partial charge in [0, 0.05) is 31.2 Å². The van der Waals surface area contributed by atoms with Crippen molar-refractivity contribution in [2.45, 2.75) is 44.7 Å². The molecular weight excluding hydrogens is 426 g/mol. The number of nitrogens with one attached hydrogen (secondary N) is 1. The number of nitrogens with two attached hydrogens (primary N) is 1. The molecule has 0 fully saturated rings. The zero-order valence-corrected chi connectivity index (χ0v) is 19.4. The molecule has 0 saturated carbocycles. The summed E-state index contributed by atoms with van der Waals surface area (Å²) in [7, 11) is 0. The van der Waals surface area contributed by atoms with Crippen molar-refractivity contribution < 1.29 is 9.90 Å². The first-order valence-corrected chi connectivity index (χ1v) is 11.9. The molecule has 4 aromatic rings. The van der Waals surface area contributed by atoms with Crippen molar-refractivity contribution in [1.82, 2.24) is 14.1 Å². The van der Waals surface area contributed by atoms with Gasteiger partial charge in [-0.05, 0) is 54.8 Å². The number of unbranched alkanes of at least 4 members (excludes halogenated alkanes) is 2. The average molecular weight is 460 g/mol. The first kappa shape index (κ1) is 23.6. The fourth-order valence-corrected chi connectivity index (χ4v) is 4.28. The number of amides is 1. The van der Waals surface area contributed by atoms with E-state index in [1.165, 1.54) is 23.8 Å². The van der Waals surface area contributed by atoms with E-state index < -0.39 is 5.91 Å². The maximum absolute atomic E-state index is 11.3. The number of aromatic nitrogens is 3. The van der Waals surface area contributed by atoms with Crippen molar-refractivity contribution in [3.8, 4) is 0 Å². The summed E-state index contributed by atoms with van der Waals surface area (Å²) >= 11 is 0. The fraction of sp³-hybridized carbons (Fsp3) is 0.333. The highest BCUT2D eigenvalue weighted by Crippen LogP contribution is 2.23. The lowest BCUT2D eigenvalue weighted by molar-refractivity contribution is 0.0995. The van der Waals surface area contributed by atoms with Gasteiger partial charge in [0.2, 0.25) is 0 Å². The molecule has 2 aromatic carbocycles. The molecule has 0 radical (unpaired) electrons. The summed E-state index contributed by atoms with van der Waals surface area (Å²) in [6.45, 7) is 1.66. The Morgan fingerprint density at radius 3 is 2.71 bits per heavy atom. The molecule has 0 aliphatic heterocycles. The number of nitrogens with zero attached hydrogens (tertiary/aromatic N) is 3. The lowest BCUT2D eigenvalue weighted by atomic mass is 10.1. The first-order valence-electron chi connectivity index (χ1n) is 11.9. The molecule has 2 aromatic heterocycles. The molecule has 1 atom stereocenters. The predicted octanol–water partition coefficient (Wildman–Crippen LogP) is 4.39. The molecule has 2 heterocycles. The molecule has 0 aliphatic carbocycles. The third-order valence-corrected chi connectivity index (χ3v) is 6.28. The van der Waals surface area contributed by atoms with E-state index in [0.717, 1.165) is 37.1 Å². The minimum atomic E-state index is -0.567. The zero-order chi connectivity index (χ0) is 23.8. The van der Waals surface area contributed by atoms with Gasteiger partial charge in [0.05, 0.1) is 24.5 Å². The summed E-state index contributed by atoms with van der Waals surface area (Å²) in [4.78, 5) is 15.3. The molecule has 0 saturated heterocycles. The molecular formula is C27H33N5O2. The minimum Gasteiger partial charge on any atom is -0.394 e. The Kier molecular flexibility index (Phi) is 7.99. The summed E-state index contributed by atoms with van der Waals surface area (Å²) in [5.74, 6) is -0.567. The monoisotopic (exact) mass is 459 g/mol. The third-order valence-electron chi connectivity index (χ3n) is 6.28. The molecule has 4 rings (SSSR count). The van der Waals surface area contributed by atoms with Gasteiger partial charge in [-0.3, -0.25) is 4.79 Å². The molecule has 7 heteroatoms. The number of primary amides is 1. The Bertz CT molecular complexity index is 1200. The van der Waals surface area contributed by atoms with Crippen molar-refractivity contribution >= 4 is 22.5 Å². The summed E-state index contributed by atoms with van der Waals surface area (Å²) in [6, 6.07) is 19.1. The standard InChI is InChI=1S/C27H33N5O2/c28-27(34)25-18-32(20-30-25)24(19-33)13-16-31-15-12-22-10-11-23(17-26(22)31)29-14-6-2-5-9-21-7-3-1-4-8-21/h1,3-4,7-8,10-12,15,17-18,20,24,29,33H,2,5-6,9,13-14,16,19H2,(H2,28,34)/t24-/m1/s1. The maximum Gasteiger partial charge on any atom is 0.268 e. The SMILES string of the molecule is NC(=O)c1cn([C@@H](CO)CCn2ccc3ccc(NCCCCCc4ccccc4)cc32)cn1. The van der Waals surface area contributed by atoms with Crippen LogP contribution in [0.1, 0.15) is 47.8 Å². The number of carbonyl (C=O) groups excluding carboxylic acids is 1. The number of carbonyl (C=O) groups is 1. The van der Waals surface area contributed by atoms with Gasteiger partial charge < -0.3 is 25.3 Å². The van der Waals surface area contributed by atoms with Gasteiger partial charge in [0.25, 0.3) is 5.91 Å². The van der Waals surface area contributed by atoms with E-state index in [0.29, 0.717) is 6.42 Å². The number of aliphatic hydroxyl groups is 1. The number of anilines is 1. The largest absolute Gasteiger partial charge is 0.394 e. The van der Waals surface area contributed by atoms with E-state index in [1.807, 2.05) is 0 Å². The van der Waals surface area contributed by atoms with Crippen LogP contribution >= 0.6 is 0 Å². The fourth-order valence-electron chi connectivity index (χ4n) is 4.28. The zero-order valence-electron chi connectivity index (χ0n) is 19.4. The van der Waals surface area contributed by atoms with Crippen LogP contribution in [0.3, 0.4) is 0 Å². The minimum absolute atomic E-state index is 0.0369.